The van der Waals surface area contributed by atoms with E-state index in [1.807, 2.05) is 58.0 Å². The summed E-state index contributed by atoms with van der Waals surface area (Å²) in [6.07, 6.45) is 0. The van der Waals surface area contributed by atoms with Gasteiger partial charge >= 0.3 is 5.97 Å². The molecule has 0 unspecified atom stereocenters. The van der Waals surface area contributed by atoms with Crippen LogP contribution in [0.1, 0.15) is 40.2 Å². The predicted octanol–water partition coefficient (Wildman–Crippen LogP) is 3.82. The molecule has 0 amide bonds. The Morgan fingerprint density at radius 2 is 1.59 bits per heavy atom. The van der Waals surface area contributed by atoms with Crippen LogP contribution in [0.4, 0.5) is 0 Å². The molecule has 0 aliphatic heterocycles. The van der Waals surface area contributed by atoms with Gasteiger partial charge < -0.3 is 4.74 Å². The van der Waals surface area contributed by atoms with Crippen molar-refractivity contribution in [3.63, 3.8) is 0 Å². The van der Waals surface area contributed by atoms with Gasteiger partial charge in [-0.2, -0.15) is 0 Å². The van der Waals surface area contributed by atoms with Gasteiger partial charge in [-0.1, -0.05) is 30.3 Å². The molecule has 0 aliphatic rings. The molecule has 0 spiro atoms. The highest BCUT2D eigenvalue weighted by molar-refractivity contribution is 5.96. The number of esters is 1. The molecule has 1 aromatic carbocycles. The lowest BCUT2D eigenvalue weighted by Crippen LogP contribution is -2.24. The summed E-state index contributed by atoms with van der Waals surface area (Å²) in [6, 6.07) is 9.86. The van der Waals surface area contributed by atoms with Gasteiger partial charge in [-0.25, -0.2) is 4.79 Å². The maximum Gasteiger partial charge on any atom is 0.334 e. The van der Waals surface area contributed by atoms with Gasteiger partial charge in [-0.05, 0) is 45.8 Å². The lowest BCUT2D eigenvalue weighted by atomic mass is 10.0. The zero-order chi connectivity index (χ0) is 13.1. The molecule has 1 rings (SSSR count). The second-order valence-electron chi connectivity index (χ2n) is 5.12. The van der Waals surface area contributed by atoms with Crippen molar-refractivity contribution in [2.45, 2.75) is 40.2 Å². The minimum atomic E-state index is -0.449. The van der Waals surface area contributed by atoms with Crippen molar-refractivity contribution in [3.8, 4) is 0 Å². The first kappa shape index (κ1) is 13.5. The van der Waals surface area contributed by atoms with Gasteiger partial charge in [0.15, 0.2) is 0 Å². The Morgan fingerprint density at radius 1 is 1.06 bits per heavy atom. The molecule has 0 heterocycles. The van der Waals surface area contributed by atoms with Crippen LogP contribution in [-0.2, 0) is 9.53 Å². The van der Waals surface area contributed by atoms with E-state index in [0.717, 1.165) is 11.1 Å². The van der Waals surface area contributed by atoms with Crippen molar-refractivity contribution < 1.29 is 9.53 Å². The molecule has 0 atom stereocenters. The predicted molar refractivity (Wildman–Crippen MR) is 70.6 cm³/mol. The number of carbonyl (C=O) groups excluding carboxylic acids is 1. The average molecular weight is 232 g/mol. The molecule has 2 heteroatoms. The van der Waals surface area contributed by atoms with E-state index in [1.54, 1.807) is 6.92 Å². The summed E-state index contributed by atoms with van der Waals surface area (Å²) in [5, 5.41) is 0. The quantitative estimate of drug-likeness (QED) is 0.572. The van der Waals surface area contributed by atoms with Gasteiger partial charge in [-0.15, -0.1) is 0 Å². The highest BCUT2D eigenvalue weighted by Crippen LogP contribution is 2.20. The Balaban J connectivity index is 2.95. The monoisotopic (exact) mass is 232 g/mol. The number of hydrogen-bond donors (Lipinski definition) is 0. The maximum atomic E-state index is 11.9. The molecule has 0 saturated heterocycles. The number of ether oxygens (including phenoxy) is 1. The van der Waals surface area contributed by atoms with Crippen molar-refractivity contribution in [3.05, 3.63) is 41.5 Å². The molecule has 2 nitrogen and oxygen atoms in total. The van der Waals surface area contributed by atoms with Crippen LogP contribution < -0.4 is 0 Å². The van der Waals surface area contributed by atoms with Crippen molar-refractivity contribution in [2.24, 2.45) is 0 Å². The summed E-state index contributed by atoms with van der Waals surface area (Å²) in [7, 11) is 0. The molecular weight excluding hydrogens is 212 g/mol. The van der Waals surface area contributed by atoms with Crippen LogP contribution >= 0.6 is 0 Å². The summed E-state index contributed by atoms with van der Waals surface area (Å²) in [5.74, 6) is -0.251. The summed E-state index contributed by atoms with van der Waals surface area (Å²) >= 11 is 0. The summed E-state index contributed by atoms with van der Waals surface area (Å²) in [6.45, 7) is 9.35. The molecule has 0 aliphatic carbocycles. The molecule has 1 aromatic rings. The number of hydrogen-bond acceptors (Lipinski definition) is 2. The first-order valence-electron chi connectivity index (χ1n) is 5.77. The fourth-order valence-electron chi connectivity index (χ4n) is 1.41. The first-order chi connectivity index (χ1) is 7.81. The Bertz CT molecular complexity index is 422. The van der Waals surface area contributed by atoms with Crippen LogP contribution in [0.15, 0.2) is 35.9 Å². The fraction of sp³-hybridized carbons (Fsp3) is 0.400. The first-order valence-corrected chi connectivity index (χ1v) is 5.77. The molecule has 0 aromatic heterocycles. The number of benzene rings is 1. The van der Waals surface area contributed by atoms with Crippen LogP contribution in [0.3, 0.4) is 0 Å². The zero-order valence-corrected chi connectivity index (χ0v) is 11.2. The van der Waals surface area contributed by atoms with Crippen LogP contribution in [0.5, 0.6) is 0 Å². The van der Waals surface area contributed by atoms with E-state index >= 15 is 0 Å². The van der Waals surface area contributed by atoms with Crippen molar-refractivity contribution in [2.75, 3.05) is 0 Å². The summed E-state index contributed by atoms with van der Waals surface area (Å²) in [5.41, 5.74) is 2.22. The number of carbonyl (C=O) groups is 1. The van der Waals surface area contributed by atoms with E-state index in [-0.39, 0.29) is 5.97 Å². The Morgan fingerprint density at radius 3 is 2.06 bits per heavy atom. The second-order valence-corrected chi connectivity index (χ2v) is 5.12. The van der Waals surface area contributed by atoms with Crippen molar-refractivity contribution in [1.82, 2.24) is 0 Å². The van der Waals surface area contributed by atoms with Gasteiger partial charge in [0.05, 0.1) is 0 Å². The average Bonchev–Trinajstić information content (AvgIpc) is 2.26. The minimum absolute atomic E-state index is 0.251. The molecular formula is C15H20O2. The Kier molecular flexibility index (Phi) is 4.11. The second kappa shape index (κ2) is 5.17. The highest BCUT2D eigenvalue weighted by atomic mass is 16.6. The fourth-order valence-corrected chi connectivity index (χ4v) is 1.41. The van der Waals surface area contributed by atoms with Crippen molar-refractivity contribution >= 4 is 11.5 Å². The Hall–Kier alpha value is -1.57. The van der Waals surface area contributed by atoms with Gasteiger partial charge in [-0.3, -0.25) is 0 Å². The van der Waals surface area contributed by atoms with E-state index in [1.165, 1.54) is 0 Å². The third-order valence-corrected chi connectivity index (χ3v) is 2.47. The zero-order valence-electron chi connectivity index (χ0n) is 11.2. The SMILES string of the molecule is C/C(C(=O)OC(C)(C)C)=C(/C)c1ccccc1. The molecule has 0 radical (unpaired) electrons. The Labute approximate surface area is 103 Å². The van der Waals surface area contributed by atoms with Crippen LogP contribution in [0, 0.1) is 0 Å². The smallest absolute Gasteiger partial charge is 0.334 e. The molecule has 0 N–H and O–H groups in total. The minimum Gasteiger partial charge on any atom is -0.457 e. The van der Waals surface area contributed by atoms with E-state index in [9.17, 15) is 4.79 Å². The highest BCUT2D eigenvalue weighted by Gasteiger charge is 2.18. The van der Waals surface area contributed by atoms with Crippen molar-refractivity contribution in [1.29, 1.82) is 0 Å². The van der Waals surface area contributed by atoms with E-state index < -0.39 is 5.60 Å². The summed E-state index contributed by atoms with van der Waals surface area (Å²) < 4.78 is 5.35. The summed E-state index contributed by atoms with van der Waals surface area (Å²) in [4.78, 5) is 11.9. The van der Waals surface area contributed by atoms with Crippen LogP contribution in [0.2, 0.25) is 0 Å². The molecule has 0 bridgehead atoms. The standard InChI is InChI=1S/C15H20O2/c1-11(13-9-7-6-8-10-13)12(2)14(16)17-15(3,4)5/h6-10H,1-5H3/b12-11+. The lowest BCUT2D eigenvalue weighted by Gasteiger charge is -2.20. The van der Waals surface area contributed by atoms with E-state index in [2.05, 4.69) is 0 Å². The van der Waals surface area contributed by atoms with Gasteiger partial charge in [0.2, 0.25) is 0 Å². The molecule has 0 saturated carbocycles. The van der Waals surface area contributed by atoms with Crippen LogP contribution in [0.25, 0.3) is 5.57 Å². The van der Waals surface area contributed by atoms with E-state index in [0.29, 0.717) is 5.57 Å². The largest absolute Gasteiger partial charge is 0.457 e. The van der Waals surface area contributed by atoms with E-state index in [4.69, 9.17) is 4.74 Å². The third-order valence-electron chi connectivity index (χ3n) is 2.47. The third kappa shape index (κ3) is 4.06. The maximum absolute atomic E-state index is 11.9. The lowest BCUT2D eigenvalue weighted by molar-refractivity contribution is -0.149. The normalized spacial score (nSPS) is 13.0. The topological polar surface area (TPSA) is 26.3 Å². The van der Waals surface area contributed by atoms with Gasteiger partial charge in [0, 0.05) is 5.57 Å². The number of allylic oxidation sites excluding steroid dienone is 1. The molecule has 92 valence electrons. The van der Waals surface area contributed by atoms with Crippen LogP contribution in [-0.4, -0.2) is 11.6 Å². The molecule has 17 heavy (non-hydrogen) atoms. The van der Waals surface area contributed by atoms with Gasteiger partial charge in [0.1, 0.15) is 5.60 Å². The molecule has 0 fully saturated rings. The number of rotatable bonds is 2. The van der Waals surface area contributed by atoms with Gasteiger partial charge in [0.25, 0.3) is 0 Å².